The van der Waals surface area contributed by atoms with E-state index >= 15 is 0 Å². The Hall–Kier alpha value is -2.26. The van der Waals surface area contributed by atoms with Gasteiger partial charge < -0.3 is 15.2 Å². The highest BCUT2D eigenvalue weighted by Crippen LogP contribution is 2.12. The van der Waals surface area contributed by atoms with E-state index in [0.29, 0.717) is 10.2 Å². The number of carboxylic acids is 1. The monoisotopic (exact) mass is 311 g/mol. The second-order valence-corrected chi connectivity index (χ2v) is 5.01. The summed E-state index contributed by atoms with van der Waals surface area (Å²) in [6.07, 6.45) is 1.33. The van der Waals surface area contributed by atoms with Crippen molar-refractivity contribution in [1.29, 1.82) is 0 Å². The fourth-order valence-corrected chi connectivity index (χ4v) is 2.36. The quantitative estimate of drug-likeness (QED) is 0.678. The van der Waals surface area contributed by atoms with Gasteiger partial charge in [0.05, 0.1) is 18.3 Å². The van der Waals surface area contributed by atoms with Crippen molar-refractivity contribution in [3.05, 3.63) is 28.1 Å². The molecule has 0 radical (unpaired) electrons. The Labute approximate surface area is 123 Å². The lowest BCUT2D eigenvalue weighted by molar-refractivity contribution is -0.142. The summed E-state index contributed by atoms with van der Waals surface area (Å²) in [7, 11) is 0. The highest BCUT2D eigenvalue weighted by atomic mass is 32.1. The van der Waals surface area contributed by atoms with Gasteiger partial charge in [-0.1, -0.05) is 0 Å². The Morgan fingerprint density at radius 3 is 3.05 bits per heavy atom. The molecular weight excluding hydrogens is 298 g/mol. The summed E-state index contributed by atoms with van der Waals surface area (Å²) in [6, 6.07) is 1.67. The van der Waals surface area contributed by atoms with Gasteiger partial charge in [-0.2, -0.15) is 0 Å². The van der Waals surface area contributed by atoms with Gasteiger partial charge in [0.15, 0.2) is 0 Å². The average molecular weight is 311 g/mol. The number of hydrogen-bond acceptors (Lipinski definition) is 6. The Morgan fingerprint density at radius 1 is 1.48 bits per heavy atom. The minimum atomic E-state index is -1.07. The van der Waals surface area contributed by atoms with Gasteiger partial charge >= 0.3 is 5.97 Å². The molecule has 2 aromatic heterocycles. The SMILES string of the molecule is O=C(O)COCCNC(=O)Cn1cnc2sccc2c1=O. The van der Waals surface area contributed by atoms with E-state index in [9.17, 15) is 14.4 Å². The maximum atomic E-state index is 12.0. The van der Waals surface area contributed by atoms with Gasteiger partial charge in [-0.05, 0) is 11.4 Å². The van der Waals surface area contributed by atoms with Crippen LogP contribution in [0, 0.1) is 0 Å². The topological polar surface area (TPSA) is 111 Å². The summed E-state index contributed by atoms with van der Waals surface area (Å²) in [6.45, 7) is -0.283. The summed E-state index contributed by atoms with van der Waals surface area (Å²) in [4.78, 5) is 38.6. The van der Waals surface area contributed by atoms with Crippen molar-refractivity contribution >= 4 is 33.4 Å². The molecule has 0 atom stereocenters. The molecule has 21 heavy (non-hydrogen) atoms. The van der Waals surface area contributed by atoms with E-state index in [0.717, 1.165) is 0 Å². The third kappa shape index (κ3) is 4.10. The number of carbonyl (C=O) groups excluding carboxylic acids is 1. The molecule has 0 aromatic carbocycles. The molecular formula is C12H13N3O5S. The third-order valence-corrected chi connectivity index (χ3v) is 3.38. The van der Waals surface area contributed by atoms with Crippen LogP contribution in [0.2, 0.25) is 0 Å². The first-order valence-electron chi connectivity index (χ1n) is 6.07. The number of amides is 1. The van der Waals surface area contributed by atoms with Crippen LogP contribution in [0.4, 0.5) is 0 Å². The normalized spacial score (nSPS) is 10.7. The first kappa shape index (κ1) is 15.1. The number of aromatic nitrogens is 2. The molecule has 2 aromatic rings. The average Bonchev–Trinajstić information content (AvgIpc) is 2.90. The lowest BCUT2D eigenvalue weighted by Gasteiger charge is -2.07. The Kier molecular flexibility index (Phi) is 5.01. The molecule has 0 saturated heterocycles. The summed E-state index contributed by atoms with van der Waals surface area (Å²) < 4.78 is 6.00. The summed E-state index contributed by atoms with van der Waals surface area (Å²) in [5.74, 6) is -1.43. The van der Waals surface area contributed by atoms with Crippen molar-refractivity contribution in [3.63, 3.8) is 0 Å². The number of carboxylic acid groups (broad SMARTS) is 1. The van der Waals surface area contributed by atoms with Crippen LogP contribution < -0.4 is 10.9 Å². The molecule has 112 valence electrons. The lowest BCUT2D eigenvalue weighted by Crippen LogP contribution is -2.34. The van der Waals surface area contributed by atoms with Crippen LogP contribution in [-0.4, -0.2) is 46.3 Å². The number of nitrogens with one attached hydrogen (secondary N) is 1. The predicted molar refractivity (Wildman–Crippen MR) is 75.3 cm³/mol. The number of carbonyl (C=O) groups is 2. The van der Waals surface area contributed by atoms with Crippen molar-refractivity contribution in [2.45, 2.75) is 6.54 Å². The number of aliphatic carboxylic acids is 1. The van der Waals surface area contributed by atoms with Crippen molar-refractivity contribution in [2.75, 3.05) is 19.8 Å². The number of hydrogen-bond donors (Lipinski definition) is 2. The molecule has 0 spiro atoms. The van der Waals surface area contributed by atoms with E-state index in [1.165, 1.54) is 22.2 Å². The highest BCUT2D eigenvalue weighted by molar-refractivity contribution is 7.16. The van der Waals surface area contributed by atoms with Crippen LogP contribution in [0.3, 0.4) is 0 Å². The van der Waals surface area contributed by atoms with Crippen molar-refractivity contribution in [2.24, 2.45) is 0 Å². The second kappa shape index (κ2) is 6.95. The van der Waals surface area contributed by atoms with Gasteiger partial charge in [0.1, 0.15) is 18.0 Å². The first-order chi connectivity index (χ1) is 10.1. The largest absolute Gasteiger partial charge is 0.480 e. The van der Waals surface area contributed by atoms with Crippen molar-refractivity contribution in [3.8, 4) is 0 Å². The molecule has 0 fully saturated rings. The number of ether oxygens (including phenoxy) is 1. The minimum absolute atomic E-state index is 0.0920. The van der Waals surface area contributed by atoms with Crippen LogP contribution in [0.15, 0.2) is 22.6 Å². The standard InChI is InChI=1S/C12H13N3O5S/c16-9(13-2-3-20-6-10(17)18)5-15-7-14-11-8(12(15)19)1-4-21-11/h1,4,7H,2-3,5-6H2,(H,13,16)(H,17,18). The smallest absolute Gasteiger partial charge is 0.329 e. The molecule has 8 nitrogen and oxygen atoms in total. The zero-order valence-electron chi connectivity index (χ0n) is 10.9. The molecule has 0 aliphatic heterocycles. The van der Waals surface area contributed by atoms with Crippen LogP contribution in [-0.2, 0) is 20.9 Å². The van der Waals surface area contributed by atoms with Crippen LogP contribution in [0.25, 0.3) is 10.2 Å². The van der Waals surface area contributed by atoms with Gasteiger partial charge in [0.2, 0.25) is 5.91 Å². The zero-order chi connectivity index (χ0) is 15.2. The molecule has 0 aliphatic rings. The Morgan fingerprint density at radius 2 is 2.29 bits per heavy atom. The van der Waals surface area contributed by atoms with Gasteiger partial charge in [-0.3, -0.25) is 14.2 Å². The highest BCUT2D eigenvalue weighted by Gasteiger charge is 2.08. The van der Waals surface area contributed by atoms with Gasteiger partial charge in [0.25, 0.3) is 5.56 Å². The molecule has 0 aliphatic carbocycles. The van der Waals surface area contributed by atoms with Crippen LogP contribution in [0.5, 0.6) is 0 Å². The minimum Gasteiger partial charge on any atom is -0.480 e. The van der Waals surface area contributed by atoms with Gasteiger partial charge in [0, 0.05) is 6.54 Å². The number of fused-ring (bicyclic) bond motifs is 1. The Bertz CT molecular complexity index is 708. The summed E-state index contributed by atoms with van der Waals surface area (Å²) in [5.41, 5.74) is -0.265. The van der Waals surface area contributed by atoms with Crippen LogP contribution >= 0.6 is 11.3 Å². The third-order valence-electron chi connectivity index (χ3n) is 2.56. The molecule has 2 heterocycles. The number of rotatable bonds is 7. The zero-order valence-corrected chi connectivity index (χ0v) is 11.8. The molecule has 9 heteroatoms. The van der Waals surface area contributed by atoms with E-state index in [4.69, 9.17) is 9.84 Å². The number of thiophene rings is 1. The molecule has 0 saturated carbocycles. The summed E-state index contributed by atoms with van der Waals surface area (Å²) in [5, 5.41) is 13.1. The maximum absolute atomic E-state index is 12.0. The number of nitrogens with zero attached hydrogens (tertiary/aromatic N) is 2. The van der Waals surface area contributed by atoms with Gasteiger partial charge in [-0.15, -0.1) is 11.3 Å². The van der Waals surface area contributed by atoms with Gasteiger partial charge in [-0.25, -0.2) is 9.78 Å². The van der Waals surface area contributed by atoms with E-state index in [1.807, 2.05) is 0 Å². The molecule has 0 bridgehead atoms. The van der Waals surface area contributed by atoms with Crippen molar-refractivity contribution < 1.29 is 19.4 Å². The second-order valence-electron chi connectivity index (χ2n) is 4.11. The molecule has 0 unspecified atom stereocenters. The maximum Gasteiger partial charge on any atom is 0.329 e. The lowest BCUT2D eigenvalue weighted by atomic mass is 10.4. The Balaban J connectivity index is 1.85. The van der Waals surface area contributed by atoms with E-state index in [2.05, 4.69) is 10.3 Å². The first-order valence-corrected chi connectivity index (χ1v) is 6.95. The van der Waals surface area contributed by atoms with E-state index < -0.39 is 12.6 Å². The fourth-order valence-electron chi connectivity index (χ4n) is 1.64. The predicted octanol–water partition coefficient (Wildman–Crippen LogP) is -0.325. The van der Waals surface area contributed by atoms with E-state index in [-0.39, 0.29) is 31.2 Å². The molecule has 2 N–H and O–H groups in total. The van der Waals surface area contributed by atoms with E-state index in [1.54, 1.807) is 11.4 Å². The van der Waals surface area contributed by atoms with Crippen molar-refractivity contribution in [1.82, 2.24) is 14.9 Å². The fraction of sp³-hybridized carbons (Fsp3) is 0.333. The van der Waals surface area contributed by atoms with Crippen LogP contribution in [0.1, 0.15) is 0 Å². The summed E-state index contributed by atoms with van der Waals surface area (Å²) >= 11 is 1.36. The molecule has 1 amide bonds. The molecule has 2 rings (SSSR count).